The number of hydrogen-bond acceptors (Lipinski definition) is 2. The lowest BCUT2D eigenvalue weighted by Gasteiger charge is -2.22. The number of anilines is 1. The molecule has 0 atom stereocenters. The summed E-state index contributed by atoms with van der Waals surface area (Å²) in [6.07, 6.45) is 6.64. The van der Waals surface area contributed by atoms with Crippen LogP contribution in [-0.4, -0.2) is 6.10 Å². The van der Waals surface area contributed by atoms with Gasteiger partial charge in [0.15, 0.2) is 0 Å². The second-order valence-electron chi connectivity index (χ2n) is 5.43. The predicted molar refractivity (Wildman–Crippen MR) is 83.5 cm³/mol. The summed E-state index contributed by atoms with van der Waals surface area (Å²) >= 11 is 0. The Morgan fingerprint density at radius 2 is 1.55 bits per heavy atom. The summed E-state index contributed by atoms with van der Waals surface area (Å²) in [7, 11) is 0. The molecule has 2 nitrogen and oxygen atoms in total. The molecule has 1 aliphatic carbocycles. The number of nitrogens with one attached hydrogen (secondary N) is 1. The zero-order valence-electron chi connectivity index (χ0n) is 11.7. The lowest BCUT2D eigenvalue weighted by Crippen LogP contribution is -2.19. The van der Waals surface area contributed by atoms with Crippen molar-refractivity contribution in [1.29, 1.82) is 0 Å². The fraction of sp³-hybridized carbons (Fsp3) is 0.333. The van der Waals surface area contributed by atoms with E-state index in [0.717, 1.165) is 5.69 Å². The Kier molecular flexibility index (Phi) is 4.34. The minimum Gasteiger partial charge on any atom is -0.273 e. The maximum Gasteiger partial charge on any atom is 0.0854 e. The molecule has 104 valence electrons. The first kappa shape index (κ1) is 13.2. The largest absolute Gasteiger partial charge is 0.273 e. The Morgan fingerprint density at radius 3 is 2.35 bits per heavy atom. The molecule has 1 saturated carbocycles. The van der Waals surface area contributed by atoms with Gasteiger partial charge in [0.25, 0.3) is 0 Å². The zero-order valence-corrected chi connectivity index (χ0v) is 11.7. The van der Waals surface area contributed by atoms with Crippen LogP contribution in [0, 0.1) is 0 Å². The predicted octanol–water partition coefficient (Wildman–Crippen LogP) is 5.03. The first-order chi connectivity index (χ1) is 9.92. The van der Waals surface area contributed by atoms with Gasteiger partial charge in [-0.25, -0.2) is 0 Å². The van der Waals surface area contributed by atoms with Crippen molar-refractivity contribution in [2.75, 3.05) is 5.48 Å². The SMILES string of the molecule is c1ccc(-c2cccc(NOC3CCCCC3)c2)cc1. The van der Waals surface area contributed by atoms with Crippen molar-refractivity contribution in [3.63, 3.8) is 0 Å². The monoisotopic (exact) mass is 267 g/mol. The Morgan fingerprint density at radius 1 is 0.800 bits per heavy atom. The van der Waals surface area contributed by atoms with Crippen LogP contribution in [0.4, 0.5) is 5.69 Å². The summed E-state index contributed by atoms with van der Waals surface area (Å²) in [5.74, 6) is 0. The van der Waals surface area contributed by atoms with E-state index in [-0.39, 0.29) is 0 Å². The minimum atomic E-state index is 0.365. The molecular formula is C18H21NO. The van der Waals surface area contributed by atoms with Crippen molar-refractivity contribution in [2.45, 2.75) is 38.2 Å². The molecule has 1 aliphatic rings. The van der Waals surface area contributed by atoms with Crippen molar-refractivity contribution in [2.24, 2.45) is 0 Å². The molecule has 20 heavy (non-hydrogen) atoms. The van der Waals surface area contributed by atoms with Gasteiger partial charge in [-0.15, -0.1) is 0 Å². The summed E-state index contributed by atoms with van der Waals surface area (Å²) in [6, 6.07) is 18.8. The van der Waals surface area contributed by atoms with E-state index in [4.69, 9.17) is 4.84 Å². The fourth-order valence-electron chi connectivity index (χ4n) is 2.73. The maximum absolute atomic E-state index is 5.81. The molecule has 0 amide bonds. The van der Waals surface area contributed by atoms with E-state index >= 15 is 0 Å². The number of rotatable bonds is 4. The standard InChI is InChI=1S/C18H21NO/c1-3-8-15(9-4-1)16-10-7-11-17(14-16)19-20-18-12-5-2-6-13-18/h1,3-4,7-11,14,18-19H,2,5-6,12-13H2. The third-order valence-electron chi connectivity index (χ3n) is 3.87. The number of benzene rings is 2. The third kappa shape index (κ3) is 3.40. The number of hydrogen-bond donors (Lipinski definition) is 1. The topological polar surface area (TPSA) is 21.3 Å². The Balaban J connectivity index is 1.65. The molecule has 1 N–H and O–H groups in total. The van der Waals surface area contributed by atoms with Gasteiger partial charge in [0, 0.05) is 0 Å². The van der Waals surface area contributed by atoms with Gasteiger partial charge in [0.2, 0.25) is 0 Å². The smallest absolute Gasteiger partial charge is 0.0854 e. The quantitative estimate of drug-likeness (QED) is 0.784. The highest BCUT2D eigenvalue weighted by molar-refractivity contribution is 5.67. The molecule has 0 radical (unpaired) electrons. The van der Waals surface area contributed by atoms with E-state index in [9.17, 15) is 0 Å². The van der Waals surface area contributed by atoms with Crippen molar-refractivity contribution >= 4 is 5.69 Å². The zero-order chi connectivity index (χ0) is 13.6. The summed E-state index contributed by atoms with van der Waals surface area (Å²) in [4.78, 5) is 5.81. The average Bonchev–Trinajstić information content (AvgIpc) is 2.55. The highest BCUT2D eigenvalue weighted by atomic mass is 16.7. The molecule has 0 aromatic heterocycles. The van der Waals surface area contributed by atoms with E-state index in [0.29, 0.717) is 6.10 Å². The van der Waals surface area contributed by atoms with E-state index < -0.39 is 0 Å². The second-order valence-corrected chi connectivity index (χ2v) is 5.43. The van der Waals surface area contributed by atoms with Gasteiger partial charge >= 0.3 is 0 Å². The van der Waals surface area contributed by atoms with Gasteiger partial charge in [-0.2, -0.15) is 0 Å². The van der Waals surface area contributed by atoms with Gasteiger partial charge in [-0.1, -0.05) is 61.7 Å². The fourth-order valence-corrected chi connectivity index (χ4v) is 2.73. The summed E-state index contributed by atoms with van der Waals surface area (Å²) in [5, 5.41) is 0. The molecule has 3 rings (SSSR count). The molecule has 2 aromatic rings. The lowest BCUT2D eigenvalue weighted by molar-refractivity contribution is 0.0686. The molecular weight excluding hydrogens is 246 g/mol. The van der Waals surface area contributed by atoms with Crippen LogP contribution in [0.3, 0.4) is 0 Å². The molecule has 0 unspecified atom stereocenters. The summed E-state index contributed by atoms with van der Waals surface area (Å²) in [5.41, 5.74) is 6.59. The van der Waals surface area contributed by atoms with Crippen molar-refractivity contribution in [3.8, 4) is 11.1 Å². The molecule has 0 saturated heterocycles. The van der Waals surface area contributed by atoms with E-state index in [1.807, 2.05) is 6.07 Å². The Bertz CT molecular complexity index is 532. The van der Waals surface area contributed by atoms with Crippen LogP contribution >= 0.6 is 0 Å². The van der Waals surface area contributed by atoms with Crippen molar-refractivity contribution < 1.29 is 4.84 Å². The highest BCUT2D eigenvalue weighted by Crippen LogP contribution is 2.24. The van der Waals surface area contributed by atoms with E-state index in [2.05, 4.69) is 54.0 Å². The summed E-state index contributed by atoms with van der Waals surface area (Å²) in [6.45, 7) is 0. The molecule has 0 spiro atoms. The van der Waals surface area contributed by atoms with E-state index in [1.165, 1.54) is 43.2 Å². The molecule has 0 heterocycles. The maximum atomic E-state index is 5.81. The summed E-state index contributed by atoms with van der Waals surface area (Å²) < 4.78 is 0. The van der Waals surface area contributed by atoms with Crippen LogP contribution < -0.4 is 5.48 Å². The normalized spacial score (nSPS) is 16.0. The molecule has 2 heteroatoms. The van der Waals surface area contributed by atoms with Crippen LogP contribution in [-0.2, 0) is 4.84 Å². The molecule has 2 aromatic carbocycles. The molecule has 0 aliphatic heterocycles. The lowest BCUT2D eigenvalue weighted by atomic mass is 9.98. The van der Waals surface area contributed by atoms with Crippen LogP contribution in [0.25, 0.3) is 11.1 Å². The van der Waals surface area contributed by atoms with Gasteiger partial charge in [-0.05, 0) is 36.1 Å². The Labute approximate surface area is 120 Å². The van der Waals surface area contributed by atoms with Gasteiger partial charge in [0.05, 0.1) is 11.8 Å². The van der Waals surface area contributed by atoms with Crippen molar-refractivity contribution in [3.05, 3.63) is 54.6 Å². The average molecular weight is 267 g/mol. The van der Waals surface area contributed by atoms with Crippen LogP contribution in [0.1, 0.15) is 32.1 Å². The molecule has 0 bridgehead atoms. The second kappa shape index (κ2) is 6.58. The van der Waals surface area contributed by atoms with Crippen LogP contribution in [0.2, 0.25) is 0 Å². The van der Waals surface area contributed by atoms with Crippen molar-refractivity contribution in [1.82, 2.24) is 0 Å². The Hall–Kier alpha value is -1.80. The highest BCUT2D eigenvalue weighted by Gasteiger charge is 2.13. The van der Waals surface area contributed by atoms with Crippen LogP contribution in [0.5, 0.6) is 0 Å². The van der Waals surface area contributed by atoms with Crippen LogP contribution in [0.15, 0.2) is 54.6 Å². The third-order valence-corrected chi connectivity index (χ3v) is 3.87. The van der Waals surface area contributed by atoms with Gasteiger partial charge in [-0.3, -0.25) is 10.3 Å². The first-order valence-electron chi connectivity index (χ1n) is 7.49. The van der Waals surface area contributed by atoms with E-state index in [1.54, 1.807) is 0 Å². The first-order valence-corrected chi connectivity index (χ1v) is 7.49. The molecule has 1 fully saturated rings. The minimum absolute atomic E-state index is 0.365. The van der Waals surface area contributed by atoms with Gasteiger partial charge in [0.1, 0.15) is 0 Å². The van der Waals surface area contributed by atoms with Gasteiger partial charge < -0.3 is 0 Å².